The van der Waals surface area contributed by atoms with Gasteiger partial charge in [-0.1, -0.05) is 74.5 Å². The average molecular weight is 501 g/mol. The first-order chi connectivity index (χ1) is 17.7. The molecule has 3 aromatic rings. The second-order valence-corrected chi connectivity index (χ2v) is 10.3. The second-order valence-electron chi connectivity index (χ2n) is 10.3. The van der Waals surface area contributed by atoms with E-state index in [1.54, 1.807) is 4.90 Å². The van der Waals surface area contributed by atoms with E-state index in [-0.39, 0.29) is 18.4 Å². The number of hydrogen-bond donors (Lipinski definition) is 1. The van der Waals surface area contributed by atoms with E-state index >= 15 is 0 Å². The third-order valence-electron chi connectivity index (χ3n) is 6.67. The van der Waals surface area contributed by atoms with Gasteiger partial charge in [-0.3, -0.25) is 9.59 Å². The molecule has 0 aliphatic rings. The van der Waals surface area contributed by atoms with Crippen LogP contribution in [0.25, 0.3) is 0 Å². The van der Waals surface area contributed by atoms with Gasteiger partial charge >= 0.3 is 0 Å². The van der Waals surface area contributed by atoms with Crippen molar-refractivity contribution in [1.29, 1.82) is 0 Å². The lowest BCUT2D eigenvalue weighted by molar-refractivity contribution is -0.142. The van der Waals surface area contributed by atoms with E-state index < -0.39 is 6.04 Å². The SMILES string of the molecule is Cc1cc(C)c(C)c(OCC(=O)N(Cc2ccccc2C)[C@@H](Cc2ccccc2)C(=O)NCC(C)C)c1. The van der Waals surface area contributed by atoms with Gasteiger partial charge in [0, 0.05) is 19.5 Å². The van der Waals surface area contributed by atoms with Crippen LogP contribution in [0.15, 0.2) is 66.7 Å². The molecular formula is C32H40N2O3. The summed E-state index contributed by atoms with van der Waals surface area (Å²) >= 11 is 0. The monoisotopic (exact) mass is 500 g/mol. The predicted octanol–water partition coefficient (Wildman–Crippen LogP) is 5.71. The molecule has 37 heavy (non-hydrogen) atoms. The third kappa shape index (κ3) is 7.94. The second kappa shape index (κ2) is 13.1. The minimum Gasteiger partial charge on any atom is -0.483 e. The molecule has 5 heteroatoms. The van der Waals surface area contributed by atoms with Crippen LogP contribution < -0.4 is 10.1 Å². The zero-order chi connectivity index (χ0) is 26.9. The van der Waals surface area contributed by atoms with E-state index in [4.69, 9.17) is 4.74 Å². The Kier molecular flexibility index (Phi) is 9.90. The van der Waals surface area contributed by atoms with Gasteiger partial charge in [-0.15, -0.1) is 0 Å². The van der Waals surface area contributed by atoms with Crippen LogP contribution in [0, 0.1) is 33.6 Å². The Labute approximate surface area is 221 Å². The number of nitrogens with one attached hydrogen (secondary N) is 1. The van der Waals surface area contributed by atoms with Crippen molar-refractivity contribution >= 4 is 11.8 Å². The molecule has 196 valence electrons. The molecule has 1 atom stereocenters. The summed E-state index contributed by atoms with van der Waals surface area (Å²) in [6.45, 7) is 12.9. The van der Waals surface area contributed by atoms with Crippen molar-refractivity contribution in [1.82, 2.24) is 10.2 Å². The minimum atomic E-state index is -0.669. The highest BCUT2D eigenvalue weighted by molar-refractivity contribution is 5.88. The Hall–Kier alpha value is -3.60. The standard InChI is InChI=1S/C32H40N2O3/c1-22(2)19-33-32(36)29(18-27-13-8-7-9-14-27)34(20-28-15-11-10-12-24(28)4)31(35)21-37-30-17-23(3)16-25(5)26(30)6/h7-17,22,29H,18-21H2,1-6H3,(H,33,36)/t29-/m0/s1. The quantitative estimate of drug-likeness (QED) is 0.367. The van der Waals surface area contributed by atoms with Gasteiger partial charge in [0.05, 0.1) is 0 Å². The van der Waals surface area contributed by atoms with Gasteiger partial charge in [0.1, 0.15) is 11.8 Å². The Morgan fingerprint density at radius 3 is 2.24 bits per heavy atom. The summed E-state index contributed by atoms with van der Waals surface area (Å²) in [5.74, 6) is 0.632. The van der Waals surface area contributed by atoms with Crippen LogP contribution in [-0.4, -0.2) is 35.9 Å². The van der Waals surface area contributed by atoms with Gasteiger partial charge in [-0.2, -0.15) is 0 Å². The number of carbonyl (C=O) groups is 2. The molecule has 5 nitrogen and oxygen atoms in total. The molecular weight excluding hydrogens is 460 g/mol. The minimum absolute atomic E-state index is 0.141. The summed E-state index contributed by atoms with van der Waals surface area (Å²) in [7, 11) is 0. The van der Waals surface area contributed by atoms with Gasteiger partial charge in [-0.05, 0) is 73.1 Å². The smallest absolute Gasteiger partial charge is 0.261 e. The molecule has 0 fully saturated rings. The Morgan fingerprint density at radius 1 is 0.892 bits per heavy atom. The van der Waals surface area contributed by atoms with Crippen LogP contribution in [0.4, 0.5) is 0 Å². The summed E-state index contributed by atoms with van der Waals surface area (Å²) in [5, 5.41) is 3.06. The number of ether oxygens (including phenoxy) is 1. The van der Waals surface area contributed by atoms with Crippen LogP contribution in [0.3, 0.4) is 0 Å². The first-order valence-corrected chi connectivity index (χ1v) is 13.0. The molecule has 3 aromatic carbocycles. The lowest BCUT2D eigenvalue weighted by Gasteiger charge is -2.32. The molecule has 3 rings (SSSR count). The topological polar surface area (TPSA) is 58.6 Å². The highest BCUT2D eigenvalue weighted by Gasteiger charge is 2.31. The van der Waals surface area contributed by atoms with Crippen LogP contribution in [-0.2, 0) is 22.6 Å². The van der Waals surface area contributed by atoms with Crippen molar-refractivity contribution in [3.63, 3.8) is 0 Å². The number of hydrogen-bond acceptors (Lipinski definition) is 3. The summed E-state index contributed by atoms with van der Waals surface area (Å²) in [4.78, 5) is 29.0. The molecule has 0 aromatic heterocycles. The number of carbonyl (C=O) groups excluding carboxylic acids is 2. The molecule has 0 spiro atoms. The van der Waals surface area contributed by atoms with Crippen molar-refractivity contribution in [3.05, 3.63) is 100 Å². The van der Waals surface area contributed by atoms with Crippen molar-refractivity contribution < 1.29 is 14.3 Å². The highest BCUT2D eigenvalue weighted by atomic mass is 16.5. The summed E-state index contributed by atoms with van der Waals surface area (Å²) < 4.78 is 6.06. The van der Waals surface area contributed by atoms with Crippen LogP contribution in [0.5, 0.6) is 5.75 Å². The maximum atomic E-state index is 13.8. The van der Waals surface area contributed by atoms with Crippen LogP contribution in [0.1, 0.15) is 47.2 Å². The number of amides is 2. The lowest BCUT2D eigenvalue weighted by Crippen LogP contribution is -2.52. The van der Waals surface area contributed by atoms with E-state index in [2.05, 4.69) is 25.2 Å². The van der Waals surface area contributed by atoms with Gasteiger partial charge in [0.2, 0.25) is 5.91 Å². The van der Waals surface area contributed by atoms with Crippen LogP contribution >= 0.6 is 0 Å². The first-order valence-electron chi connectivity index (χ1n) is 13.0. The van der Waals surface area contributed by atoms with Crippen molar-refractivity contribution in [3.8, 4) is 5.75 Å². The normalized spacial score (nSPS) is 11.8. The fourth-order valence-electron chi connectivity index (χ4n) is 4.32. The average Bonchev–Trinajstić information content (AvgIpc) is 2.87. The van der Waals surface area contributed by atoms with E-state index in [1.807, 2.05) is 88.4 Å². The van der Waals surface area contributed by atoms with Gasteiger partial charge < -0.3 is 15.0 Å². The maximum absolute atomic E-state index is 13.8. The van der Waals surface area contributed by atoms with E-state index in [1.165, 1.54) is 0 Å². The molecule has 0 unspecified atom stereocenters. The molecule has 0 aliphatic heterocycles. The number of nitrogens with zero attached hydrogens (tertiary/aromatic N) is 1. The Balaban J connectivity index is 1.94. The summed E-state index contributed by atoms with van der Waals surface area (Å²) in [5.41, 5.74) is 6.30. The number of benzene rings is 3. The largest absolute Gasteiger partial charge is 0.483 e. The fraction of sp³-hybridized carbons (Fsp3) is 0.375. The molecule has 2 amide bonds. The molecule has 0 radical (unpaired) electrons. The molecule has 0 aliphatic carbocycles. The molecule has 0 heterocycles. The number of aryl methyl sites for hydroxylation is 3. The van der Waals surface area contributed by atoms with Gasteiger partial charge in [0.25, 0.3) is 5.91 Å². The van der Waals surface area contributed by atoms with Crippen molar-refractivity contribution in [2.45, 2.75) is 60.5 Å². The van der Waals surface area contributed by atoms with E-state index in [9.17, 15) is 9.59 Å². The highest BCUT2D eigenvalue weighted by Crippen LogP contribution is 2.24. The molecule has 0 saturated carbocycles. The fourth-order valence-corrected chi connectivity index (χ4v) is 4.32. The van der Waals surface area contributed by atoms with E-state index in [0.717, 1.165) is 33.4 Å². The van der Waals surface area contributed by atoms with E-state index in [0.29, 0.717) is 31.2 Å². The molecule has 0 saturated heterocycles. The molecule has 0 bridgehead atoms. The third-order valence-corrected chi connectivity index (χ3v) is 6.67. The van der Waals surface area contributed by atoms with Crippen molar-refractivity contribution in [2.24, 2.45) is 5.92 Å². The number of rotatable bonds is 11. The van der Waals surface area contributed by atoms with Gasteiger partial charge in [0.15, 0.2) is 6.61 Å². The summed E-state index contributed by atoms with van der Waals surface area (Å²) in [6.07, 6.45) is 0.422. The predicted molar refractivity (Wildman–Crippen MR) is 150 cm³/mol. The lowest BCUT2D eigenvalue weighted by atomic mass is 10.0. The zero-order valence-electron chi connectivity index (χ0n) is 23.0. The van der Waals surface area contributed by atoms with Gasteiger partial charge in [-0.25, -0.2) is 0 Å². The zero-order valence-corrected chi connectivity index (χ0v) is 23.0. The Bertz CT molecular complexity index is 1200. The molecule has 1 N–H and O–H groups in total. The van der Waals surface area contributed by atoms with Crippen LogP contribution in [0.2, 0.25) is 0 Å². The Morgan fingerprint density at radius 2 is 1.57 bits per heavy atom. The first kappa shape index (κ1) is 28.0. The maximum Gasteiger partial charge on any atom is 0.261 e. The van der Waals surface area contributed by atoms with Crippen molar-refractivity contribution in [2.75, 3.05) is 13.2 Å². The summed E-state index contributed by atoms with van der Waals surface area (Å²) in [6, 6.07) is 21.2.